The molecule has 4 heteroatoms. The Hall–Kier alpha value is 2.96. The van der Waals surface area contributed by atoms with Crippen molar-refractivity contribution in [1.82, 2.24) is 0 Å². The molecule has 0 aliphatic heterocycles. The van der Waals surface area contributed by atoms with Crippen molar-refractivity contribution < 1.29 is 58.8 Å². The molecule has 0 nitrogen and oxygen atoms in total. The van der Waals surface area contributed by atoms with Gasteiger partial charge in [-0.25, -0.2) is 0 Å². The summed E-state index contributed by atoms with van der Waals surface area (Å²) in [5.41, 5.74) is 0. The topological polar surface area (TPSA) is 0 Å². The summed E-state index contributed by atoms with van der Waals surface area (Å²) in [6.07, 6.45) is 0. The van der Waals surface area contributed by atoms with Crippen LogP contribution in [-0.2, 0) is 17.1 Å². The van der Waals surface area contributed by atoms with Crippen LogP contribution in [0.2, 0.25) is 0 Å². The Labute approximate surface area is 91.6 Å². The summed E-state index contributed by atoms with van der Waals surface area (Å²) < 4.78 is 0. The van der Waals surface area contributed by atoms with Gasteiger partial charge in [-0.3, -0.25) is 0 Å². The smallest absolute Gasteiger partial charge is 0 e. The van der Waals surface area contributed by atoms with Crippen molar-refractivity contribution in [3.05, 3.63) is 0 Å². The van der Waals surface area contributed by atoms with Gasteiger partial charge in [0.05, 0.1) is 0 Å². The fourth-order valence-electron chi connectivity index (χ4n) is 0. The normalized spacial score (nSPS) is 0. The molecular weight excluding hydrogens is 249 g/mol. The van der Waals surface area contributed by atoms with Gasteiger partial charge in [-0.15, -0.1) is 0 Å². The Balaban J connectivity index is 0. The zero-order chi connectivity index (χ0) is 0. The van der Waals surface area contributed by atoms with E-state index in [4.69, 9.17) is 0 Å². The Morgan fingerprint density at radius 1 is 0.750 bits per heavy atom. The molecule has 0 aromatic carbocycles. The van der Waals surface area contributed by atoms with Crippen LogP contribution < -0.4 is 0 Å². The van der Waals surface area contributed by atoms with E-state index in [1.54, 1.807) is 0 Å². The molecule has 7 radical (unpaired) electrons. The molecule has 0 atom stereocenters. The molecule has 0 heterocycles. The Kier molecular flexibility index (Phi) is 118. The van der Waals surface area contributed by atoms with E-state index in [1.165, 1.54) is 0 Å². The fraction of sp³-hybridized carbons (Fsp3) is 0. The van der Waals surface area contributed by atoms with Gasteiger partial charge < -0.3 is 0 Å². The van der Waals surface area contributed by atoms with Gasteiger partial charge in [-0.1, -0.05) is 0 Å². The summed E-state index contributed by atoms with van der Waals surface area (Å²) in [7, 11) is 0. The van der Waals surface area contributed by atoms with Gasteiger partial charge in [0.2, 0.25) is 0 Å². The van der Waals surface area contributed by atoms with Crippen LogP contribution in [0.3, 0.4) is 0 Å². The van der Waals surface area contributed by atoms with Crippen LogP contribution in [0, 0.1) is 41.7 Å². The maximum absolute atomic E-state index is 0. The van der Waals surface area contributed by atoms with E-state index >= 15 is 0 Å². The van der Waals surface area contributed by atoms with Crippen molar-refractivity contribution in [2.45, 2.75) is 0 Å². The molecule has 0 bridgehead atoms. The Morgan fingerprint density at radius 2 is 0.750 bits per heavy atom. The maximum Gasteiger partial charge on any atom is 0 e. The molecular formula is Al2CeMn. The van der Waals surface area contributed by atoms with Gasteiger partial charge in [-0.2, -0.15) is 0 Å². The summed E-state index contributed by atoms with van der Waals surface area (Å²) in [4.78, 5) is 0. The first-order chi connectivity index (χ1) is 0. The third-order valence-corrected chi connectivity index (χ3v) is 0. The molecule has 17 valence electrons. The van der Waals surface area contributed by atoms with Crippen molar-refractivity contribution in [3.8, 4) is 0 Å². The molecule has 4 heavy (non-hydrogen) atoms. The van der Waals surface area contributed by atoms with Crippen molar-refractivity contribution in [3.63, 3.8) is 0 Å². The third kappa shape index (κ3) is 8.88. The standard InChI is InChI=1S/2Al.Ce.Mn. The van der Waals surface area contributed by atoms with Crippen LogP contribution >= 0.6 is 0 Å². The van der Waals surface area contributed by atoms with Gasteiger partial charge in [0.25, 0.3) is 0 Å². The molecule has 0 aliphatic rings. The summed E-state index contributed by atoms with van der Waals surface area (Å²) in [6, 6.07) is 0. The minimum atomic E-state index is 0. The number of hydrogen-bond acceptors (Lipinski definition) is 0. The molecule has 0 unspecified atom stereocenters. The summed E-state index contributed by atoms with van der Waals surface area (Å²) >= 11 is 0. The predicted molar refractivity (Wildman–Crippen MR) is 11.5 cm³/mol. The van der Waals surface area contributed by atoms with Crippen LogP contribution in [0.25, 0.3) is 0 Å². The van der Waals surface area contributed by atoms with Gasteiger partial charge in [0, 0.05) is 93.5 Å². The monoisotopic (exact) mass is 249 g/mol. The van der Waals surface area contributed by atoms with Crippen molar-refractivity contribution in [2.24, 2.45) is 0 Å². The van der Waals surface area contributed by atoms with Gasteiger partial charge >= 0.3 is 0 Å². The molecule has 0 rings (SSSR count). The summed E-state index contributed by atoms with van der Waals surface area (Å²) in [5.74, 6) is 0. The Morgan fingerprint density at radius 3 is 0.750 bits per heavy atom. The average molecular weight is 249 g/mol. The largest absolute Gasteiger partial charge is 0 e. The van der Waals surface area contributed by atoms with Gasteiger partial charge in [0.15, 0.2) is 0 Å². The van der Waals surface area contributed by atoms with Crippen molar-refractivity contribution >= 4 is 34.7 Å². The van der Waals surface area contributed by atoms with E-state index in [9.17, 15) is 0 Å². The van der Waals surface area contributed by atoms with E-state index in [-0.39, 0.29) is 93.5 Å². The van der Waals surface area contributed by atoms with Gasteiger partial charge in [0.1, 0.15) is 0 Å². The molecule has 0 amide bonds. The van der Waals surface area contributed by atoms with E-state index < -0.39 is 0 Å². The molecule has 0 aromatic rings. The molecule has 0 fully saturated rings. The zero-order valence-corrected chi connectivity index (χ0v) is 8.66. The zero-order valence-electron chi connectivity index (χ0n) is 2.03. The Bertz CT molecular complexity index is 6.00. The van der Waals surface area contributed by atoms with E-state index in [1.807, 2.05) is 0 Å². The van der Waals surface area contributed by atoms with Crippen LogP contribution in [-0.4, -0.2) is 34.7 Å². The first-order valence-electron chi connectivity index (χ1n) is 0. The second-order valence-electron chi connectivity index (χ2n) is 0. The molecule has 0 aromatic heterocycles. The van der Waals surface area contributed by atoms with E-state index in [0.717, 1.165) is 0 Å². The second kappa shape index (κ2) is 16.7. The summed E-state index contributed by atoms with van der Waals surface area (Å²) in [5, 5.41) is 0. The second-order valence-corrected chi connectivity index (χ2v) is 0. The summed E-state index contributed by atoms with van der Waals surface area (Å²) in [6.45, 7) is 0. The molecule has 0 aliphatic carbocycles. The predicted octanol–water partition coefficient (Wildman–Crippen LogP) is -0.764. The number of rotatable bonds is 0. The quantitative estimate of drug-likeness (QED) is 0.495. The number of hydrogen-bond donors (Lipinski definition) is 0. The third-order valence-electron chi connectivity index (χ3n) is 0. The first kappa shape index (κ1) is 28.2. The molecule has 0 saturated carbocycles. The fourth-order valence-corrected chi connectivity index (χ4v) is 0. The maximum atomic E-state index is 0. The van der Waals surface area contributed by atoms with Crippen LogP contribution in [0.4, 0.5) is 0 Å². The van der Waals surface area contributed by atoms with Crippen LogP contribution in [0.1, 0.15) is 0 Å². The molecule has 0 spiro atoms. The average Bonchev–Trinajstić information content (AvgIpc) is 0. The van der Waals surface area contributed by atoms with Crippen LogP contribution in [0.5, 0.6) is 0 Å². The molecule has 0 saturated heterocycles. The van der Waals surface area contributed by atoms with Crippen molar-refractivity contribution in [1.29, 1.82) is 0 Å². The van der Waals surface area contributed by atoms with E-state index in [0.29, 0.717) is 0 Å². The minimum Gasteiger partial charge on any atom is 0 e. The van der Waals surface area contributed by atoms with Crippen molar-refractivity contribution in [2.75, 3.05) is 0 Å². The van der Waals surface area contributed by atoms with Crippen LogP contribution in [0.15, 0.2) is 0 Å². The SMILES string of the molecule is [Al].[Al].[Ce].[Mn]. The van der Waals surface area contributed by atoms with E-state index in [2.05, 4.69) is 0 Å². The molecule has 0 N–H and O–H groups in total. The van der Waals surface area contributed by atoms with Gasteiger partial charge in [-0.05, 0) is 0 Å². The minimum absolute atomic E-state index is 0. The first-order valence-corrected chi connectivity index (χ1v) is 0.